The van der Waals surface area contributed by atoms with Gasteiger partial charge in [0, 0.05) is 0 Å². The predicted molar refractivity (Wildman–Crippen MR) is 66.2 cm³/mol. The highest BCUT2D eigenvalue weighted by Crippen LogP contribution is 2.48. The highest BCUT2D eigenvalue weighted by Gasteiger charge is 2.55. The Labute approximate surface area is 108 Å². The summed E-state index contributed by atoms with van der Waals surface area (Å²) in [5.74, 6) is -0.177. The van der Waals surface area contributed by atoms with Crippen molar-refractivity contribution in [1.82, 2.24) is 0 Å². The second-order valence-electron chi connectivity index (χ2n) is 6.54. The highest BCUT2D eigenvalue weighted by molar-refractivity contribution is 4.93. The molecule has 1 atom stereocenters. The molecular formula is C14H25F3O. The van der Waals surface area contributed by atoms with Crippen molar-refractivity contribution in [1.29, 1.82) is 0 Å². The van der Waals surface area contributed by atoms with Crippen LogP contribution in [0.4, 0.5) is 13.2 Å². The van der Waals surface area contributed by atoms with Crippen molar-refractivity contribution in [2.24, 2.45) is 17.3 Å². The lowest BCUT2D eigenvalue weighted by Crippen LogP contribution is -2.50. The van der Waals surface area contributed by atoms with Gasteiger partial charge in [0.2, 0.25) is 0 Å². The van der Waals surface area contributed by atoms with E-state index in [0.717, 1.165) is 26.2 Å². The number of hydrogen-bond acceptors (Lipinski definition) is 1. The van der Waals surface area contributed by atoms with Gasteiger partial charge in [-0.15, -0.1) is 0 Å². The van der Waals surface area contributed by atoms with Crippen molar-refractivity contribution in [3.8, 4) is 0 Å². The van der Waals surface area contributed by atoms with E-state index < -0.39 is 17.7 Å². The van der Waals surface area contributed by atoms with E-state index in [9.17, 15) is 18.3 Å². The van der Waals surface area contributed by atoms with Crippen LogP contribution in [-0.2, 0) is 0 Å². The lowest BCUT2D eigenvalue weighted by Gasteiger charge is -2.43. The predicted octanol–water partition coefficient (Wildman–Crippen LogP) is 4.54. The fourth-order valence-corrected chi connectivity index (χ4v) is 2.96. The van der Waals surface area contributed by atoms with E-state index in [4.69, 9.17) is 0 Å². The van der Waals surface area contributed by atoms with E-state index in [1.54, 1.807) is 0 Å². The topological polar surface area (TPSA) is 20.2 Å². The summed E-state index contributed by atoms with van der Waals surface area (Å²) in [5, 5.41) is 9.70. The molecule has 0 aromatic carbocycles. The van der Waals surface area contributed by atoms with Gasteiger partial charge in [-0.3, -0.25) is 0 Å². The van der Waals surface area contributed by atoms with E-state index in [2.05, 4.69) is 20.8 Å². The molecule has 1 fully saturated rings. The Balaban J connectivity index is 2.65. The minimum Gasteiger partial charge on any atom is -0.380 e. The molecule has 4 heteroatoms. The zero-order valence-corrected chi connectivity index (χ0v) is 11.8. The van der Waals surface area contributed by atoms with Gasteiger partial charge in [-0.1, -0.05) is 27.2 Å². The monoisotopic (exact) mass is 266 g/mol. The maximum atomic E-state index is 12.8. The van der Waals surface area contributed by atoms with E-state index in [1.807, 2.05) is 0 Å². The van der Waals surface area contributed by atoms with Crippen molar-refractivity contribution in [3.05, 3.63) is 0 Å². The van der Waals surface area contributed by atoms with Gasteiger partial charge >= 0.3 is 6.18 Å². The average Bonchev–Trinajstić information content (AvgIpc) is 2.27. The van der Waals surface area contributed by atoms with Crippen molar-refractivity contribution < 1.29 is 18.3 Å². The first kappa shape index (κ1) is 15.8. The molecule has 1 N–H and O–H groups in total. The SMILES string of the molecule is CCC(C)(C)C1CCC(C(C)(O)C(F)(F)F)CC1. The molecule has 0 bridgehead atoms. The Hall–Kier alpha value is -0.250. The quantitative estimate of drug-likeness (QED) is 0.795. The standard InChI is InChI=1S/C14H25F3O/c1-5-12(2,3)10-6-8-11(9-7-10)13(4,18)14(15,16)17/h10-11,18H,5-9H2,1-4H3. The Kier molecular flexibility index (Phi) is 4.41. The maximum absolute atomic E-state index is 12.8. The molecule has 0 aromatic heterocycles. The molecule has 0 saturated heterocycles. The number of aliphatic hydroxyl groups is 1. The zero-order chi connectivity index (χ0) is 14.2. The van der Waals surface area contributed by atoms with Crippen molar-refractivity contribution >= 4 is 0 Å². The van der Waals surface area contributed by atoms with Crippen molar-refractivity contribution in [3.63, 3.8) is 0 Å². The van der Waals surface area contributed by atoms with Gasteiger partial charge in [0.05, 0.1) is 0 Å². The number of rotatable bonds is 3. The van der Waals surface area contributed by atoms with Crippen LogP contribution >= 0.6 is 0 Å². The number of halogens is 3. The van der Waals surface area contributed by atoms with Gasteiger partial charge in [-0.25, -0.2) is 0 Å². The third-order valence-electron chi connectivity index (χ3n) is 5.11. The van der Waals surface area contributed by atoms with E-state index in [0.29, 0.717) is 18.8 Å². The fourth-order valence-electron chi connectivity index (χ4n) is 2.96. The molecule has 0 aliphatic heterocycles. The van der Waals surface area contributed by atoms with Crippen LogP contribution < -0.4 is 0 Å². The fraction of sp³-hybridized carbons (Fsp3) is 1.00. The molecule has 0 heterocycles. The van der Waals surface area contributed by atoms with Crippen molar-refractivity contribution in [2.75, 3.05) is 0 Å². The van der Waals surface area contributed by atoms with Crippen LogP contribution in [0.1, 0.15) is 59.8 Å². The van der Waals surface area contributed by atoms with Gasteiger partial charge in [0.1, 0.15) is 0 Å². The van der Waals surface area contributed by atoms with Gasteiger partial charge in [0.25, 0.3) is 0 Å². The molecule has 18 heavy (non-hydrogen) atoms. The molecule has 0 spiro atoms. The van der Waals surface area contributed by atoms with Crippen LogP contribution in [0.15, 0.2) is 0 Å². The molecule has 1 unspecified atom stereocenters. The van der Waals surface area contributed by atoms with Crippen LogP contribution in [-0.4, -0.2) is 16.9 Å². The summed E-state index contributed by atoms with van der Waals surface area (Å²) in [4.78, 5) is 0. The smallest absolute Gasteiger partial charge is 0.380 e. The third-order valence-corrected chi connectivity index (χ3v) is 5.11. The van der Waals surface area contributed by atoms with E-state index in [1.165, 1.54) is 0 Å². The van der Waals surface area contributed by atoms with Gasteiger partial charge < -0.3 is 5.11 Å². The molecule has 108 valence electrons. The first-order valence-electron chi connectivity index (χ1n) is 6.81. The van der Waals surface area contributed by atoms with Crippen LogP contribution in [0.2, 0.25) is 0 Å². The van der Waals surface area contributed by atoms with Gasteiger partial charge in [-0.05, 0) is 49.9 Å². The summed E-state index contributed by atoms with van der Waals surface area (Å²) in [5.41, 5.74) is -2.34. The summed E-state index contributed by atoms with van der Waals surface area (Å²) >= 11 is 0. The van der Waals surface area contributed by atoms with Gasteiger partial charge in [-0.2, -0.15) is 13.2 Å². The molecule has 1 aliphatic carbocycles. The van der Waals surface area contributed by atoms with Crippen LogP contribution in [0.5, 0.6) is 0 Å². The number of hydrogen-bond donors (Lipinski definition) is 1. The maximum Gasteiger partial charge on any atom is 0.417 e. The summed E-state index contributed by atoms with van der Waals surface area (Å²) in [6.45, 7) is 7.40. The molecule has 0 radical (unpaired) electrons. The minimum atomic E-state index is -4.52. The number of alkyl halides is 3. The molecule has 0 amide bonds. The average molecular weight is 266 g/mol. The molecule has 1 saturated carbocycles. The molecule has 1 nitrogen and oxygen atoms in total. The highest BCUT2D eigenvalue weighted by atomic mass is 19.4. The zero-order valence-electron chi connectivity index (χ0n) is 11.8. The molecular weight excluding hydrogens is 241 g/mol. The van der Waals surface area contributed by atoms with Crippen molar-refractivity contribution in [2.45, 2.75) is 71.6 Å². The first-order valence-corrected chi connectivity index (χ1v) is 6.81. The lowest BCUT2D eigenvalue weighted by atomic mass is 9.65. The minimum absolute atomic E-state index is 0.190. The summed E-state index contributed by atoms with van der Waals surface area (Å²) in [6, 6.07) is 0. The Morgan fingerprint density at radius 1 is 0.944 bits per heavy atom. The summed E-state index contributed by atoms with van der Waals surface area (Å²) in [7, 11) is 0. The lowest BCUT2D eigenvalue weighted by molar-refractivity contribution is -0.276. The normalized spacial score (nSPS) is 30.0. The molecule has 1 rings (SSSR count). The summed E-state index contributed by atoms with van der Waals surface area (Å²) in [6.07, 6.45) is -0.959. The second kappa shape index (κ2) is 5.03. The van der Waals surface area contributed by atoms with Crippen LogP contribution in [0.25, 0.3) is 0 Å². The van der Waals surface area contributed by atoms with Crippen LogP contribution in [0, 0.1) is 17.3 Å². The van der Waals surface area contributed by atoms with Gasteiger partial charge in [0.15, 0.2) is 5.60 Å². The molecule has 0 aromatic rings. The van der Waals surface area contributed by atoms with Crippen LogP contribution in [0.3, 0.4) is 0 Å². The second-order valence-corrected chi connectivity index (χ2v) is 6.54. The Morgan fingerprint density at radius 2 is 1.33 bits per heavy atom. The summed E-state index contributed by atoms with van der Waals surface area (Å²) < 4.78 is 38.3. The Bertz CT molecular complexity index is 273. The van der Waals surface area contributed by atoms with E-state index >= 15 is 0 Å². The first-order chi connectivity index (χ1) is 8.02. The largest absolute Gasteiger partial charge is 0.417 e. The molecule has 1 aliphatic rings. The Morgan fingerprint density at radius 3 is 1.67 bits per heavy atom. The third kappa shape index (κ3) is 3.01. The van der Waals surface area contributed by atoms with E-state index in [-0.39, 0.29) is 5.41 Å².